The first-order valence-corrected chi connectivity index (χ1v) is 9.04. The topological polar surface area (TPSA) is 123 Å². The summed E-state index contributed by atoms with van der Waals surface area (Å²) in [5.41, 5.74) is 0.549. The van der Waals surface area contributed by atoms with E-state index in [0.717, 1.165) is 0 Å². The largest absolute Gasteiger partial charge is 0.633 e. The minimum absolute atomic E-state index is 0.102. The van der Waals surface area contributed by atoms with Crippen molar-refractivity contribution in [1.82, 2.24) is 9.97 Å². The van der Waals surface area contributed by atoms with Gasteiger partial charge in [0.1, 0.15) is 17.9 Å². The molecule has 2 N–H and O–H groups in total. The number of nitriles is 1. The molecule has 9 nitrogen and oxygen atoms in total. The standard InChI is InChI=1S/C18H19ClN6O3/c1-25(27)6-4-14(5-7-25)28-16-3-2-12(19)8-15(16)23-18(26)24-17-11-21-13(9-20)10-22-17/h2-3,8,10-11,14H,4-7H2,1H3,(H2,22,23,24,26). The number of piperidine rings is 1. The van der Waals surface area contributed by atoms with E-state index >= 15 is 0 Å². The van der Waals surface area contributed by atoms with Crippen LogP contribution in [0, 0.1) is 16.5 Å². The molecule has 1 aliphatic rings. The second-order valence-corrected chi connectivity index (χ2v) is 7.12. The molecule has 0 saturated carbocycles. The van der Waals surface area contributed by atoms with Gasteiger partial charge in [0.05, 0.1) is 38.2 Å². The van der Waals surface area contributed by atoms with Gasteiger partial charge in [-0.05, 0) is 18.2 Å². The van der Waals surface area contributed by atoms with E-state index in [2.05, 4.69) is 20.6 Å². The highest BCUT2D eigenvalue weighted by Gasteiger charge is 2.25. The van der Waals surface area contributed by atoms with Gasteiger partial charge in [-0.3, -0.25) is 5.32 Å². The van der Waals surface area contributed by atoms with Crippen molar-refractivity contribution in [1.29, 1.82) is 5.26 Å². The van der Waals surface area contributed by atoms with Crippen molar-refractivity contribution in [2.75, 3.05) is 30.8 Å². The molecular weight excluding hydrogens is 384 g/mol. The Labute approximate surface area is 167 Å². The Hall–Kier alpha value is -2.93. The first-order valence-electron chi connectivity index (χ1n) is 8.66. The highest BCUT2D eigenvalue weighted by atomic mass is 35.5. The Morgan fingerprint density at radius 3 is 2.71 bits per heavy atom. The average molecular weight is 403 g/mol. The SMILES string of the molecule is C[N+]1([O-])CCC(Oc2ccc(Cl)cc2NC(=O)Nc2cnc(C#N)cn2)CC1. The second-order valence-electron chi connectivity index (χ2n) is 6.68. The Kier molecular flexibility index (Phi) is 5.94. The zero-order valence-electron chi connectivity index (χ0n) is 15.2. The molecule has 1 aromatic heterocycles. The van der Waals surface area contributed by atoms with Crippen LogP contribution in [0.15, 0.2) is 30.6 Å². The van der Waals surface area contributed by atoms with Gasteiger partial charge < -0.3 is 19.9 Å². The van der Waals surface area contributed by atoms with Crippen molar-refractivity contribution in [3.05, 3.63) is 46.5 Å². The lowest BCUT2D eigenvalue weighted by molar-refractivity contribution is -0.866. The number of rotatable bonds is 4. The van der Waals surface area contributed by atoms with Crippen LogP contribution in [-0.4, -0.2) is 46.9 Å². The van der Waals surface area contributed by atoms with Crippen molar-refractivity contribution < 1.29 is 14.2 Å². The number of nitrogens with one attached hydrogen (secondary N) is 2. The van der Waals surface area contributed by atoms with E-state index < -0.39 is 6.03 Å². The minimum Gasteiger partial charge on any atom is -0.633 e. The van der Waals surface area contributed by atoms with Gasteiger partial charge in [0.25, 0.3) is 0 Å². The summed E-state index contributed by atoms with van der Waals surface area (Å²) >= 11 is 6.05. The minimum atomic E-state index is -0.557. The van der Waals surface area contributed by atoms with E-state index in [1.54, 1.807) is 25.2 Å². The predicted octanol–water partition coefficient (Wildman–Crippen LogP) is 3.13. The third kappa shape index (κ3) is 5.29. The highest BCUT2D eigenvalue weighted by molar-refractivity contribution is 6.31. The maximum atomic E-state index is 12.3. The Balaban J connectivity index is 1.66. The molecule has 0 radical (unpaired) electrons. The van der Waals surface area contributed by atoms with Crippen molar-refractivity contribution in [2.45, 2.75) is 18.9 Å². The number of aromatic nitrogens is 2. The van der Waals surface area contributed by atoms with E-state index in [-0.39, 0.29) is 22.3 Å². The van der Waals surface area contributed by atoms with Crippen LogP contribution in [0.3, 0.4) is 0 Å². The smallest absolute Gasteiger partial charge is 0.325 e. The fourth-order valence-electron chi connectivity index (χ4n) is 2.81. The van der Waals surface area contributed by atoms with Crippen LogP contribution in [0.4, 0.5) is 16.3 Å². The number of likely N-dealkylation sites (tertiary alicyclic amines) is 1. The Bertz CT molecular complexity index is 887. The normalized spacial score (nSPS) is 21.4. The van der Waals surface area contributed by atoms with Gasteiger partial charge in [0, 0.05) is 17.9 Å². The molecule has 1 aromatic carbocycles. The van der Waals surface area contributed by atoms with Gasteiger partial charge in [-0.25, -0.2) is 14.8 Å². The number of amides is 2. The summed E-state index contributed by atoms with van der Waals surface area (Å²) in [5, 5.41) is 26.3. The lowest BCUT2D eigenvalue weighted by Crippen LogP contribution is -2.47. The van der Waals surface area contributed by atoms with Gasteiger partial charge in [-0.15, -0.1) is 0 Å². The summed E-state index contributed by atoms with van der Waals surface area (Å²) in [7, 11) is 1.65. The van der Waals surface area contributed by atoms with Crippen LogP contribution in [0.2, 0.25) is 5.02 Å². The van der Waals surface area contributed by atoms with E-state index in [4.69, 9.17) is 21.6 Å². The molecule has 10 heteroatoms. The summed E-state index contributed by atoms with van der Waals surface area (Å²) < 4.78 is 5.74. The maximum absolute atomic E-state index is 12.3. The van der Waals surface area contributed by atoms with Crippen molar-refractivity contribution in [2.24, 2.45) is 0 Å². The molecule has 146 valence electrons. The van der Waals surface area contributed by atoms with Crippen molar-refractivity contribution >= 4 is 29.1 Å². The number of hydrogen-bond donors (Lipinski definition) is 2. The third-order valence-corrected chi connectivity index (χ3v) is 4.57. The molecule has 2 aromatic rings. The molecule has 1 aliphatic heterocycles. The van der Waals surface area contributed by atoms with Crippen LogP contribution in [0.25, 0.3) is 0 Å². The first-order chi connectivity index (χ1) is 13.3. The lowest BCUT2D eigenvalue weighted by atomic mass is 10.1. The molecule has 0 unspecified atom stereocenters. The zero-order chi connectivity index (χ0) is 20.1. The van der Waals surface area contributed by atoms with E-state index in [1.807, 2.05) is 6.07 Å². The van der Waals surface area contributed by atoms with Crippen LogP contribution in [-0.2, 0) is 0 Å². The number of hydrogen-bond acceptors (Lipinski definition) is 6. The zero-order valence-corrected chi connectivity index (χ0v) is 15.9. The van der Waals surface area contributed by atoms with Gasteiger partial charge in [-0.2, -0.15) is 5.26 Å². The summed E-state index contributed by atoms with van der Waals surface area (Å²) in [6.07, 6.45) is 3.71. The van der Waals surface area contributed by atoms with Crippen molar-refractivity contribution in [3.8, 4) is 11.8 Å². The summed E-state index contributed by atoms with van der Waals surface area (Å²) in [5.74, 6) is 0.665. The molecule has 2 amide bonds. The molecule has 0 aliphatic carbocycles. The number of ether oxygens (including phenoxy) is 1. The van der Waals surface area contributed by atoms with E-state index in [9.17, 15) is 10.0 Å². The maximum Gasteiger partial charge on any atom is 0.325 e. The molecule has 1 fully saturated rings. The highest BCUT2D eigenvalue weighted by Crippen LogP contribution is 2.31. The number of anilines is 2. The monoisotopic (exact) mass is 402 g/mol. The number of nitrogens with zero attached hydrogens (tertiary/aromatic N) is 4. The molecule has 3 rings (SSSR count). The number of quaternary nitrogens is 1. The van der Waals surface area contributed by atoms with Crippen LogP contribution in [0.5, 0.6) is 5.75 Å². The number of urea groups is 1. The summed E-state index contributed by atoms with van der Waals surface area (Å²) in [6, 6.07) is 6.22. The number of carbonyl (C=O) groups is 1. The average Bonchev–Trinajstić information content (AvgIpc) is 2.66. The lowest BCUT2D eigenvalue weighted by Gasteiger charge is -2.43. The second kappa shape index (κ2) is 8.39. The number of hydroxylamine groups is 3. The third-order valence-electron chi connectivity index (χ3n) is 4.34. The van der Waals surface area contributed by atoms with Gasteiger partial charge in [0.2, 0.25) is 0 Å². The fraction of sp³-hybridized carbons (Fsp3) is 0.333. The molecule has 0 bridgehead atoms. The van der Waals surface area contributed by atoms with Gasteiger partial charge in [0.15, 0.2) is 11.5 Å². The van der Waals surface area contributed by atoms with Crippen LogP contribution >= 0.6 is 11.6 Å². The number of halogens is 1. The fourth-order valence-corrected chi connectivity index (χ4v) is 2.98. The molecule has 0 atom stereocenters. The molecule has 1 saturated heterocycles. The van der Waals surface area contributed by atoms with Crippen LogP contribution in [0.1, 0.15) is 18.5 Å². The van der Waals surface area contributed by atoms with Gasteiger partial charge in [-0.1, -0.05) is 11.6 Å². The van der Waals surface area contributed by atoms with E-state index in [0.29, 0.717) is 42.4 Å². The Morgan fingerprint density at radius 1 is 1.32 bits per heavy atom. The Morgan fingerprint density at radius 2 is 2.07 bits per heavy atom. The van der Waals surface area contributed by atoms with E-state index in [1.165, 1.54) is 12.4 Å². The van der Waals surface area contributed by atoms with Crippen molar-refractivity contribution in [3.63, 3.8) is 0 Å². The molecule has 28 heavy (non-hydrogen) atoms. The predicted molar refractivity (Wildman–Crippen MR) is 104 cm³/mol. The van der Waals surface area contributed by atoms with Crippen LogP contribution < -0.4 is 15.4 Å². The first kappa shape index (κ1) is 19.8. The molecule has 0 spiro atoms. The quantitative estimate of drug-likeness (QED) is 0.598. The molecule has 2 heterocycles. The number of benzene rings is 1. The molecular formula is C18H19ClN6O3. The van der Waals surface area contributed by atoms with Gasteiger partial charge >= 0.3 is 6.03 Å². The number of carbonyl (C=O) groups excluding carboxylic acids is 1. The summed E-state index contributed by atoms with van der Waals surface area (Å²) in [4.78, 5) is 20.1. The summed E-state index contributed by atoms with van der Waals surface area (Å²) in [6.45, 7) is 0.970.